The van der Waals surface area contributed by atoms with Crippen LogP contribution in [-0.4, -0.2) is 66.4 Å². The fraction of sp³-hybridized carbons (Fsp3) is 0.462. The van der Waals surface area contributed by atoms with Crippen LogP contribution in [0.3, 0.4) is 0 Å². The van der Waals surface area contributed by atoms with Crippen molar-refractivity contribution in [2.24, 2.45) is 0 Å². The molecule has 7 nitrogen and oxygen atoms in total. The zero-order valence-electron chi connectivity index (χ0n) is 19.6. The summed E-state index contributed by atoms with van der Waals surface area (Å²) in [5.74, 6) is 0.349. The van der Waals surface area contributed by atoms with E-state index in [9.17, 15) is 14.0 Å². The van der Waals surface area contributed by atoms with E-state index in [0.717, 1.165) is 25.9 Å². The Morgan fingerprint density at radius 1 is 0.971 bits per heavy atom. The summed E-state index contributed by atoms with van der Waals surface area (Å²) in [6, 6.07) is 12.6. The number of halogens is 1. The average molecular weight is 469 g/mol. The SMILES string of the molecule is CC(NC(=O)CN1CCC(N2CCCC2)CC1)C(=O)Nc1ccc(Oc2ccc(F)cc2)cc1. The third-order valence-electron chi connectivity index (χ3n) is 6.52. The highest BCUT2D eigenvalue weighted by atomic mass is 19.1. The number of likely N-dealkylation sites (tertiary alicyclic amines) is 2. The molecule has 8 heteroatoms. The molecule has 2 saturated heterocycles. The molecule has 4 rings (SSSR count). The predicted octanol–water partition coefficient (Wildman–Crippen LogP) is 3.62. The minimum absolute atomic E-state index is 0.134. The van der Waals surface area contributed by atoms with Crippen molar-refractivity contribution < 1.29 is 18.7 Å². The number of carbonyl (C=O) groups is 2. The van der Waals surface area contributed by atoms with Crippen molar-refractivity contribution in [2.75, 3.05) is 38.0 Å². The molecule has 1 unspecified atom stereocenters. The van der Waals surface area contributed by atoms with Crippen molar-refractivity contribution in [2.45, 2.75) is 44.7 Å². The first-order chi connectivity index (χ1) is 16.5. The number of carbonyl (C=O) groups excluding carboxylic acids is 2. The average Bonchev–Trinajstić information content (AvgIpc) is 3.37. The van der Waals surface area contributed by atoms with Crippen molar-refractivity contribution in [3.63, 3.8) is 0 Å². The zero-order chi connectivity index (χ0) is 23.9. The summed E-state index contributed by atoms with van der Waals surface area (Å²) in [4.78, 5) is 29.8. The molecular formula is C26H33FN4O3. The normalized spacial score (nSPS) is 18.4. The van der Waals surface area contributed by atoms with Crippen LogP contribution >= 0.6 is 0 Å². The fourth-order valence-corrected chi connectivity index (χ4v) is 4.60. The van der Waals surface area contributed by atoms with Gasteiger partial charge in [-0.25, -0.2) is 4.39 Å². The lowest BCUT2D eigenvalue weighted by molar-refractivity contribution is -0.127. The Bertz CT molecular complexity index is 953. The summed E-state index contributed by atoms with van der Waals surface area (Å²) in [5, 5.41) is 5.61. The summed E-state index contributed by atoms with van der Waals surface area (Å²) >= 11 is 0. The van der Waals surface area contributed by atoms with E-state index in [0.29, 0.717) is 29.8 Å². The smallest absolute Gasteiger partial charge is 0.246 e. The van der Waals surface area contributed by atoms with E-state index in [1.165, 1.54) is 38.1 Å². The zero-order valence-corrected chi connectivity index (χ0v) is 19.6. The number of piperidine rings is 1. The van der Waals surface area contributed by atoms with Gasteiger partial charge in [0.15, 0.2) is 0 Å². The molecule has 2 fully saturated rings. The molecule has 2 aromatic carbocycles. The van der Waals surface area contributed by atoms with Crippen molar-refractivity contribution >= 4 is 17.5 Å². The molecule has 0 bridgehead atoms. The number of hydrogen-bond acceptors (Lipinski definition) is 5. The molecule has 2 aromatic rings. The van der Waals surface area contributed by atoms with Crippen molar-refractivity contribution in [3.05, 3.63) is 54.3 Å². The van der Waals surface area contributed by atoms with Gasteiger partial charge in [-0.3, -0.25) is 14.5 Å². The van der Waals surface area contributed by atoms with Crippen molar-refractivity contribution in [1.82, 2.24) is 15.1 Å². The van der Waals surface area contributed by atoms with Crippen LogP contribution in [0.2, 0.25) is 0 Å². The lowest BCUT2D eigenvalue weighted by Crippen LogP contribution is -2.49. The molecule has 34 heavy (non-hydrogen) atoms. The Balaban J connectivity index is 1.18. The lowest BCUT2D eigenvalue weighted by atomic mass is 10.0. The van der Waals surface area contributed by atoms with E-state index in [1.54, 1.807) is 43.3 Å². The monoisotopic (exact) mass is 468 g/mol. The highest BCUT2D eigenvalue weighted by Gasteiger charge is 2.27. The molecule has 2 N–H and O–H groups in total. The Morgan fingerprint density at radius 3 is 2.18 bits per heavy atom. The predicted molar refractivity (Wildman–Crippen MR) is 129 cm³/mol. The Kier molecular flexibility index (Phi) is 8.13. The molecular weight excluding hydrogens is 435 g/mol. The number of amides is 2. The second-order valence-corrected chi connectivity index (χ2v) is 9.11. The molecule has 0 saturated carbocycles. The summed E-state index contributed by atoms with van der Waals surface area (Å²) in [6.07, 6.45) is 4.81. The van der Waals surface area contributed by atoms with Gasteiger partial charge in [0.1, 0.15) is 23.4 Å². The number of hydrogen-bond donors (Lipinski definition) is 2. The van der Waals surface area contributed by atoms with Crippen LogP contribution in [0.15, 0.2) is 48.5 Å². The van der Waals surface area contributed by atoms with Crippen LogP contribution in [0.4, 0.5) is 10.1 Å². The number of anilines is 1. The highest BCUT2D eigenvalue weighted by molar-refractivity contribution is 5.97. The maximum atomic E-state index is 13.0. The van der Waals surface area contributed by atoms with E-state index in [4.69, 9.17) is 4.74 Å². The van der Waals surface area contributed by atoms with E-state index >= 15 is 0 Å². The topological polar surface area (TPSA) is 73.9 Å². The van der Waals surface area contributed by atoms with Gasteiger partial charge in [-0.15, -0.1) is 0 Å². The van der Waals surface area contributed by atoms with E-state index in [-0.39, 0.29) is 17.6 Å². The first-order valence-corrected chi connectivity index (χ1v) is 12.1. The molecule has 0 aromatic heterocycles. The molecule has 182 valence electrons. The van der Waals surface area contributed by atoms with Crippen molar-refractivity contribution in [1.29, 1.82) is 0 Å². The Morgan fingerprint density at radius 2 is 1.56 bits per heavy atom. The van der Waals surface area contributed by atoms with E-state index in [2.05, 4.69) is 20.4 Å². The number of nitrogens with one attached hydrogen (secondary N) is 2. The second-order valence-electron chi connectivity index (χ2n) is 9.11. The minimum atomic E-state index is -0.648. The largest absolute Gasteiger partial charge is 0.457 e. The van der Waals surface area contributed by atoms with Crippen LogP contribution in [-0.2, 0) is 9.59 Å². The molecule has 2 amide bonds. The quantitative estimate of drug-likeness (QED) is 0.619. The van der Waals surface area contributed by atoms with Gasteiger partial charge >= 0.3 is 0 Å². The first-order valence-electron chi connectivity index (χ1n) is 12.1. The molecule has 0 spiro atoms. The van der Waals surface area contributed by atoms with Gasteiger partial charge in [0.2, 0.25) is 11.8 Å². The summed E-state index contributed by atoms with van der Waals surface area (Å²) in [6.45, 7) is 6.26. The minimum Gasteiger partial charge on any atom is -0.457 e. The Hall–Kier alpha value is -2.97. The van der Waals surface area contributed by atoms with Crippen LogP contribution in [0.5, 0.6) is 11.5 Å². The van der Waals surface area contributed by atoms with Crippen LogP contribution in [0.25, 0.3) is 0 Å². The second kappa shape index (κ2) is 11.4. The molecule has 0 aliphatic carbocycles. The molecule has 2 aliphatic rings. The van der Waals surface area contributed by atoms with Gasteiger partial charge in [-0.2, -0.15) is 0 Å². The summed E-state index contributed by atoms with van der Waals surface area (Å²) in [5.41, 5.74) is 0.599. The standard InChI is InChI=1S/C26H33FN4O3/c1-19(28-25(32)18-30-16-12-22(13-17-30)31-14-2-3-15-31)26(33)29-21-6-10-24(11-7-21)34-23-8-4-20(27)5-9-23/h4-11,19,22H,2-3,12-18H2,1H3,(H,28,32)(H,29,33). The number of nitrogens with zero attached hydrogens (tertiary/aromatic N) is 2. The fourth-order valence-electron chi connectivity index (χ4n) is 4.60. The lowest BCUT2D eigenvalue weighted by Gasteiger charge is -2.36. The summed E-state index contributed by atoms with van der Waals surface area (Å²) < 4.78 is 18.7. The molecule has 0 radical (unpaired) electrons. The van der Waals surface area contributed by atoms with Gasteiger partial charge in [-0.05, 0) is 94.2 Å². The van der Waals surface area contributed by atoms with Crippen molar-refractivity contribution in [3.8, 4) is 11.5 Å². The van der Waals surface area contributed by atoms with E-state index < -0.39 is 6.04 Å². The number of rotatable bonds is 8. The van der Waals surface area contributed by atoms with Crippen LogP contribution in [0.1, 0.15) is 32.6 Å². The Labute approximate surface area is 200 Å². The van der Waals surface area contributed by atoms with Gasteiger partial charge in [0.05, 0.1) is 6.54 Å². The maximum Gasteiger partial charge on any atom is 0.246 e. The van der Waals surface area contributed by atoms with Gasteiger partial charge in [0, 0.05) is 24.8 Å². The highest BCUT2D eigenvalue weighted by Crippen LogP contribution is 2.23. The third-order valence-corrected chi connectivity index (χ3v) is 6.52. The molecule has 1 atom stereocenters. The van der Waals surface area contributed by atoms with Crippen LogP contribution < -0.4 is 15.4 Å². The molecule has 2 heterocycles. The van der Waals surface area contributed by atoms with Crippen LogP contribution in [0, 0.1) is 5.82 Å². The third kappa shape index (κ3) is 6.77. The summed E-state index contributed by atoms with van der Waals surface area (Å²) in [7, 11) is 0. The maximum absolute atomic E-state index is 13.0. The number of benzene rings is 2. The van der Waals surface area contributed by atoms with Gasteiger partial charge in [0.25, 0.3) is 0 Å². The van der Waals surface area contributed by atoms with E-state index in [1.807, 2.05) is 0 Å². The van der Waals surface area contributed by atoms with Gasteiger partial charge < -0.3 is 20.3 Å². The van der Waals surface area contributed by atoms with Gasteiger partial charge in [-0.1, -0.05) is 0 Å². The first kappa shape index (κ1) is 24.2. The molecule has 2 aliphatic heterocycles. The number of ether oxygens (including phenoxy) is 1.